The molecule has 0 radical (unpaired) electrons. The lowest BCUT2D eigenvalue weighted by atomic mass is 9.97. The summed E-state index contributed by atoms with van der Waals surface area (Å²) < 4.78 is 87.6. The topological polar surface area (TPSA) is 93.1 Å². The standard InChI is InChI=1S/C21H22F4N4O4S/c1-11-3-13(20-14(23)4-12(22)5-15(20)24)21(26-7-11)18-6-19(27-33-18)29-8-16(25)17(9-29)28-34(30,31)10-32-2/h3-5,7,16-18,28H,6,8-10H2,1-2H3/t16-,17+,18-/m0/s1. The molecule has 1 N–H and O–H groups in total. The van der Waals surface area contributed by atoms with Crippen LogP contribution in [0.2, 0.25) is 0 Å². The van der Waals surface area contributed by atoms with Gasteiger partial charge in [-0.1, -0.05) is 5.16 Å². The van der Waals surface area contributed by atoms with Crippen LogP contribution < -0.4 is 4.72 Å². The number of nitrogens with one attached hydrogen (secondary N) is 1. The molecule has 3 atom stereocenters. The number of aryl methyl sites for hydroxylation is 1. The number of methoxy groups -OCH3 is 1. The van der Waals surface area contributed by atoms with Crippen LogP contribution in [0.4, 0.5) is 17.6 Å². The molecule has 2 aromatic rings. The summed E-state index contributed by atoms with van der Waals surface area (Å²) in [4.78, 5) is 11.3. The first-order valence-electron chi connectivity index (χ1n) is 10.3. The first-order valence-corrected chi connectivity index (χ1v) is 11.9. The summed E-state index contributed by atoms with van der Waals surface area (Å²) in [6.45, 7) is 1.58. The first-order chi connectivity index (χ1) is 16.1. The van der Waals surface area contributed by atoms with Crippen molar-refractivity contribution in [2.24, 2.45) is 5.16 Å². The minimum atomic E-state index is -3.82. The molecule has 1 aromatic heterocycles. The van der Waals surface area contributed by atoms with Gasteiger partial charge in [-0.15, -0.1) is 0 Å². The van der Waals surface area contributed by atoms with Gasteiger partial charge < -0.3 is 14.5 Å². The Morgan fingerprint density at radius 1 is 1.21 bits per heavy atom. The number of oxime groups is 1. The van der Waals surface area contributed by atoms with Crippen LogP contribution in [-0.2, 0) is 19.6 Å². The van der Waals surface area contributed by atoms with E-state index in [9.17, 15) is 26.0 Å². The fourth-order valence-electron chi connectivity index (χ4n) is 4.04. The minimum absolute atomic E-state index is 0.00836. The van der Waals surface area contributed by atoms with Gasteiger partial charge in [-0.3, -0.25) is 4.98 Å². The number of ether oxygens (including phenoxy) is 1. The van der Waals surface area contributed by atoms with Gasteiger partial charge in [0.15, 0.2) is 12.0 Å². The van der Waals surface area contributed by atoms with Crippen molar-refractivity contribution in [3.63, 3.8) is 0 Å². The number of benzene rings is 1. The number of rotatable bonds is 6. The molecule has 184 valence electrons. The highest BCUT2D eigenvalue weighted by atomic mass is 32.2. The molecule has 0 unspecified atom stereocenters. The zero-order chi connectivity index (χ0) is 24.6. The normalized spacial score (nSPS) is 22.7. The Bertz CT molecular complexity index is 1200. The van der Waals surface area contributed by atoms with Gasteiger partial charge in [-0.05, 0) is 18.6 Å². The first kappa shape index (κ1) is 24.4. The number of pyridine rings is 1. The minimum Gasteiger partial charge on any atom is -0.384 e. The number of likely N-dealkylation sites (tertiary alicyclic amines) is 1. The lowest BCUT2D eigenvalue weighted by Crippen LogP contribution is -2.42. The van der Waals surface area contributed by atoms with E-state index in [1.54, 1.807) is 6.92 Å². The van der Waals surface area contributed by atoms with E-state index in [1.165, 1.54) is 24.3 Å². The van der Waals surface area contributed by atoms with Crippen LogP contribution in [0, 0.1) is 24.4 Å². The summed E-state index contributed by atoms with van der Waals surface area (Å²) in [5.41, 5.74) is 0.447. The zero-order valence-electron chi connectivity index (χ0n) is 18.3. The maximum absolute atomic E-state index is 14.5. The molecule has 1 fully saturated rings. The van der Waals surface area contributed by atoms with Crippen molar-refractivity contribution in [2.75, 3.05) is 26.1 Å². The molecule has 0 bridgehead atoms. The van der Waals surface area contributed by atoms with Gasteiger partial charge in [0.05, 0.1) is 30.3 Å². The molecule has 8 nitrogen and oxygen atoms in total. The number of sulfonamides is 1. The van der Waals surface area contributed by atoms with Crippen molar-refractivity contribution in [3.05, 3.63) is 53.1 Å². The van der Waals surface area contributed by atoms with Gasteiger partial charge in [0.25, 0.3) is 0 Å². The van der Waals surface area contributed by atoms with E-state index in [0.29, 0.717) is 23.5 Å². The molecule has 34 heavy (non-hydrogen) atoms. The number of hydrogen-bond acceptors (Lipinski definition) is 7. The summed E-state index contributed by atoms with van der Waals surface area (Å²) in [5.74, 6) is -3.48. The summed E-state index contributed by atoms with van der Waals surface area (Å²) >= 11 is 0. The van der Waals surface area contributed by atoms with Crippen molar-refractivity contribution in [3.8, 4) is 11.1 Å². The van der Waals surface area contributed by atoms with Crippen molar-refractivity contribution >= 4 is 15.9 Å². The van der Waals surface area contributed by atoms with Crippen LogP contribution in [0.3, 0.4) is 0 Å². The fraction of sp³-hybridized carbons (Fsp3) is 0.429. The highest BCUT2D eigenvalue weighted by Crippen LogP contribution is 2.37. The third-order valence-electron chi connectivity index (χ3n) is 5.51. The van der Waals surface area contributed by atoms with E-state index in [2.05, 4.69) is 19.6 Å². The molecule has 3 heterocycles. The highest BCUT2D eigenvalue weighted by molar-refractivity contribution is 7.89. The van der Waals surface area contributed by atoms with Crippen molar-refractivity contribution in [2.45, 2.75) is 31.7 Å². The SMILES string of the molecule is COCS(=O)(=O)N[C@@H]1CN(C2=NO[C@H](c3ncc(C)cc3-c3c(F)cc(F)cc3F)C2)C[C@@H]1F. The van der Waals surface area contributed by atoms with Gasteiger partial charge in [-0.25, -0.2) is 30.7 Å². The molecule has 0 amide bonds. The average molecular weight is 502 g/mol. The van der Waals surface area contributed by atoms with Crippen LogP contribution in [0.25, 0.3) is 11.1 Å². The summed E-state index contributed by atoms with van der Waals surface area (Å²) in [7, 11) is -2.60. The maximum Gasteiger partial charge on any atom is 0.236 e. The molecular weight excluding hydrogens is 480 g/mol. The van der Waals surface area contributed by atoms with E-state index >= 15 is 0 Å². The maximum atomic E-state index is 14.5. The highest BCUT2D eigenvalue weighted by Gasteiger charge is 2.40. The van der Waals surface area contributed by atoms with Gasteiger partial charge >= 0.3 is 0 Å². The van der Waals surface area contributed by atoms with Crippen molar-refractivity contribution in [1.82, 2.24) is 14.6 Å². The second kappa shape index (κ2) is 9.47. The molecule has 1 saturated heterocycles. The second-order valence-electron chi connectivity index (χ2n) is 8.16. The van der Waals surface area contributed by atoms with E-state index < -0.39 is 57.3 Å². The predicted molar refractivity (Wildman–Crippen MR) is 114 cm³/mol. The quantitative estimate of drug-likeness (QED) is 0.611. The smallest absolute Gasteiger partial charge is 0.236 e. The number of nitrogens with zero attached hydrogens (tertiary/aromatic N) is 3. The van der Waals surface area contributed by atoms with Crippen LogP contribution in [-0.4, -0.2) is 62.5 Å². The Hall–Kier alpha value is -2.77. The third kappa shape index (κ3) is 5.00. The van der Waals surface area contributed by atoms with Crippen LogP contribution in [0.15, 0.2) is 29.6 Å². The average Bonchev–Trinajstić information content (AvgIpc) is 3.34. The van der Waals surface area contributed by atoms with Crippen LogP contribution >= 0.6 is 0 Å². The number of aromatic nitrogens is 1. The Labute approximate surface area is 193 Å². The van der Waals surface area contributed by atoms with Crippen molar-refractivity contribution < 1.29 is 35.6 Å². The number of amidine groups is 1. The van der Waals surface area contributed by atoms with Crippen molar-refractivity contribution in [1.29, 1.82) is 0 Å². The second-order valence-corrected chi connectivity index (χ2v) is 9.86. The van der Waals surface area contributed by atoms with Gasteiger partial charge in [0.2, 0.25) is 10.0 Å². The molecule has 2 aliphatic rings. The fourth-order valence-corrected chi connectivity index (χ4v) is 5.10. The number of alkyl halides is 1. The Balaban J connectivity index is 1.54. The lowest BCUT2D eigenvalue weighted by molar-refractivity contribution is 0.0828. The molecule has 13 heteroatoms. The van der Waals surface area contributed by atoms with E-state index in [-0.39, 0.29) is 30.8 Å². The molecule has 4 rings (SSSR count). The summed E-state index contributed by atoms with van der Waals surface area (Å²) in [5, 5.41) is 3.98. The molecule has 0 saturated carbocycles. The van der Waals surface area contributed by atoms with Crippen LogP contribution in [0.5, 0.6) is 0 Å². The van der Waals surface area contributed by atoms with E-state index in [0.717, 1.165) is 0 Å². The predicted octanol–water partition coefficient (Wildman–Crippen LogP) is 2.79. The molecule has 0 spiro atoms. The van der Waals surface area contributed by atoms with Gasteiger partial charge in [-0.2, -0.15) is 0 Å². The molecule has 0 aliphatic carbocycles. The monoisotopic (exact) mass is 502 g/mol. The van der Waals surface area contributed by atoms with E-state index in [4.69, 9.17) is 4.84 Å². The lowest BCUT2D eigenvalue weighted by Gasteiger charge is -2.18. The Morgan fingerprint density at radius 3 is 2.59 bits per heavy atom. The molecule has 2 aliphatic heterocycles. The third-order valence-corrected chi connectivity index (χ3v) is 6.72. The van der Waals surface area contributed by atoms with E-state index in [1.807, 2.05) is 0 Å². The Morgan fingerprint density at radius 2 is 1.91 bits per heavy atom. The van der Waals surface area contributed by atoms with Gasteiger partial charge in [0.1, 0.15) is 29.5 Å². The van der Waals surface area contributed by atoms with Gasteiger partial charge in [0, 0.05) is 37.5 Å². The number of hydrogen-bond donors (Lipinski definition) is 1. The Kier molecular flexibility index (Phi) is 6.78. The summed E-state index contributed by atoms with van der Waals surface area (Å²) in [6, 6.07) is 1.67. The van der Waals surface area contributed by atoms with Crippen LogP contribution in [0.1, 0.15) is 23.8 Å². The zero-order valence-corrected chi connectivity index (χ0v) is 19.1. The number of halogens is 4. The molecule has 1 aromatic carbocycles. The largest absolute Gasteiger partial charge is 0.384 e. The molecular formula is C21H22F4N4O4S. The summed E-state index contributed by atoms with van der Waals surface area (Å²) in [6.07, 6.45) is -0.730.